The van der Waals surface area contributed by atoms with Crippen molar-refractivity contribution in [3.8, 4) is 0 Å². The average molecular weight is 245 g/mol. The van der Waals surface area contributed by atoms with Gasteiger partial charge in [0, 0.05) is 23.2 Å². The van der Waals surface area contributed by atoms with Crippen LogP contribution in [0.3, 0.4) is 0 Å². The van der Waals surface area contributed by atoms with Crippen molar-refractivity contribution in [2.24, 2.45) is 0 Å². The zero-order valence-electron chi connectivity index (χ0n) is 9.62. The molecule has 1 heterocycles. The molecule has 15 heavy (non-hydrogen) atoms. The van der Waals surface area contributed by atoms with Crippen LogP contribution in [0.5, 0.6) is 0 Å². The minimum atomic E-state index is 0.165. The first-order valence-corrected chi connectivity index (χ1v) is 7.21. The summed E-state index contributed by atoms with van der Waals surface area (Å²) in [4.78, 5) is 4.61. The van der Waals surface area contributed by atoms with Gasteiger partial charge in [-0.15, -0.1) is 11.3 Å². The first kappa shape index (κ1) is 13.0. The number of nitrogens with zero attached hydrogens (tertiary/aromatic N) is 1. The molecule has 0 aliphatic heterocycles. The summed E-state index contributed by atoms with van der Waals surface area (Å²) in [6.45, 7) is 6.86. The summed E-state index contributed by atoms with van der Waals surface area (Å²) in [5.41, 5.74) is 1.34. The van der Waals surface area contributed by atoms with Gasteiger partial charge in [-0.3, -0.25) is 0 Å². The van der Waals surface area contributed by atoms with Crippen LogP contribution in [0.25, 0.3) is 0 Å². The van der Waals surface area contributed by atoms with Gasteiger partial charge in [0.25, 0.3) is 0 Å². The van der Waals surface area contributed by atoms with Crippen LogP contribution in [0.15, 0.2) is 5.38 Å². The second-order valence-corrected chi connectivity index (χ2v) is 6.49. The van der Waals surface area contributed by atoms with Crippen LogP contribution in [0.4, 0.5) is 0 Å². The van der Waals surface area contributed by atoms with Crippen molar-refractivity contribution in [3.05, 3.63) is 16.1 Å². The largest absolute Gasteiger partial charge is 0.396 e. The summed E-state index contributed by atoms with van der Waals surface area (Å²) in [7, 11) is 0. The first-order chi connectivity index (χ1) is 7.04. The third-order valence-corrected chi connectivity index (χ3v) is 4.28. The summed E-state index contributed by atoms with van der Waals surface area (Å²) in [6.07, 6.45) is 0.876. The number of thioether (sulfide) groups is 1. The van der Waals surface area contributed by atoms with Gasteiger partial charge in [0.15, 0.2) is 0 Å². The molecule has 0 bridgehead atoms. The molecule has 0 fully saturated rings. The van der Waals surface area contributed by atoms with Crippen molar-refractivity contribution in [1.82, 2.24) is 4.98 Å². The van der Waals surface area contributed by atoms with Crippen LogP contribution in [-0.4, -0.2) is 22.5 Å². The highest BCUT2D eigenvalue weighted by atomic mass is 32.2. The Morgan fingerprint density at radius 3 is 2.73 bits per heavy atom. The first-order valence-electron chi connectivity index (χ1n) is 5.17. The second-order valence-electron chi connectivity index (χ2n) is 4.52. The SMILES string of the molecule is CC(C)(C)c1nc(CSCCCO)cs1. The van der Waals surface area contributed by atoms with Gasteiger partial charge in [-0.25, -0.2) is 4.98 Å². The number of thiazole rings is 1. The van der Waals surface area contributed by atoms with Crippen molar-refractivity contribution in [1.29, 1.82) is 0 Å². The van der Waals surface area contributed by atoms with Crippen LogP contribution in [0.2, 0.25) is 0 Å². The van der Waals surface area contributed by atoms with E-state index in [2.05, 4.69) is 31.1 Å². The van der Waals surface area contributed by atoms with E-state index in [0.29, 0.717) is 0 Å². The van der Waals surface area contributed by atoms with Gasteiger partial charge in [0.2, 0.25) is 0 Å². The van der Waals surface area contributed by atoms with Gasteiger partial charge in [0.1, 0.15) is 0 Å². The third-order valence-electron chi connectivity index (χ3n) is 1.89. The van der Waals surface area contributed by atoms with E-state index in [-0.39, 0.29) is 12.0 Å². The molecule has 0 aliphatic rings. The van der Waals surface area contributed by atoms with E-state index in [1.165, 1.54) is 10.7 Å². The lowest BCUT2D eigenvalue weighted by Gasteiger charge is -2.13. The van der Waals surface area contributed by atoms with Gasteiger partial charge in [-0.2, -0.15) is 11.8 Å². The number of aliphatic hydroxyl groups is 1. The molecule has 1 aromatic heterocycles. The van der Waals surface area contributed by atoms with Gasteiger partial charge in [-0.05, 0) is 12.2 Å². The van der Waals surface area contributed by atoms with E-state index in [9.17, 15) is 0 Å². The number of rotatable bonds is 5. The van der Waals surface area contributed by atoms with Gasteiger partial charge < -0.3 is 5.11 Å². The quantitative estimate of drug-likeness (QED) is 0.809. The van der Waals surface area contributed by atoms with E-state index in [1.54, 1.807) is 11.3 Å². The summed E-state index contributed by atoms with van der Waals surface area (Å²) < 4.78 is 0. The number of aliphatic hydroxyl groups excluding tert-OH is 1. The van der Waals surface area contributed by atoms with Crippen LogP contribution in [-0.2, 0) is 11.2 Å². The zero-order chi connectivity index (χ0) is 11.3. The van der Waals surface area contributed by atoms with Crippen LogP contribution >= 0.6 is 23.1 Å². The molecular formula is C11H19NOS2. The smallest absolute Gasteiger partial charge is 0.0982 e. The third kappa shape index (κ3) is 4.53. The molecule has 0 saturated heterocycles. The molecule has 86 valence electrons. The van der Waals surface area contributed by atoms with Crippen molar-refractivity contribution in [3.63, 3.8) is 0 Å². The van der Waals surface area contributed by atoms with Crippen molar-refractivity contribution in [2.45, 2.75) is 38.4 Å². The molecule has 1 N–H and O–H groups in total. The Labute approximate surface area is 100 Å². The second kappa shape index (κ2) is 5.87. The number of hydrogen-bond acceptors (Lipinski definition) is 4. The molecule has 1 rings (SSSR count). The van der Waals surface area contributed by atoms with Crippen LogP contribution < -0.4 is 0 Å². The van der Waals surface area contributed by atoms with E-state index < -0.39 is 0 Å². The van der Waals surface area contributed by atoms with Crippen molar-refractivity contribution >= 4 is 23.1 Å². The lowest BCUT2D eigenvalue weighted by Crippen LogP contribution is -2.10. The van der Waals surface area contributed by atoms with Crippen LogP contribution in [0.1, 0.15) is 37.9 Å². The predicted octanol–water partition coefficient (Wildman–Crippen LogP) is 3.06. The highest BCUT2D eigenvalue weighted by Gasteiger charge is 2.17. The van der Waals surface area contributed by atoms with Gasteiger partial charge in [-0.1, -0.05) is 20.8 Å². The van der Waals surface area contributed by atoms with Gasteiger partial charge in [0.05, 0.1) is 10.7 Å². The number of aromatic nitrogens is 1. The summed E-state index contributed by atoms with van der Waals surface area (Å²) in [5.74, 6) is 1.98. The Balaban J connectivity index is 2.40. The zero-order valence-corrected chi connectivity index (χ0v) is 11.2. The molecule has 0 radical (unpaired) electrons. The Kier molecular flexibility index (Phi) is 5.09. The van der Waals surface area contributed by atoms with E-state index >= 15 is 0 Å². The average Bonchev–Trinajstić information content (AvgIpc) is 2.60. The molecule has 0 saturated carbocycles. The van der Waals surface area contributed by atoms with Crippen LogP contribution in [0, 0.1) is 0 Å². The van der Waals surface area contributed by atoms with Crippen molar-refractivity contribution < 1.29 is 5.11 Å². The molecule has 0 unspecified atom stereocenters. The molecule has 0 aliphatic carbocycles. The fraction of sp³-hybridized carbons (Fsp3) is 0.727. The Bertz CT molecular complexity index is 291. The lowest BCUT2D eigenvalue weighted by molar-refractivity contribution is 0.296. The minimum absolute atomic E-state index is 0.165. The van der Waals surface area contributed by atoms with E-state index in [4.69, 9.17) is 5.11 Å². The molecule has 0 spiro atoms. The summed E-state index contributed by atoms with van der Waals surface area (Å²) in [5, 5.41) is 12.0. The summed E-state index contributed by atoms with van der Waals surface area (Å²) in [6, 6.07) is 0. The molecule has 1 aromatic rings. The maximum atomic E-state index is 8.65. The highest BCUT2D eigenvalue weighted by Crippen LogP contribution is 2.26. The predicted molar refractivity (Wildman–Crippen MR) is 68.7 cm³/mol. The fourth-order valence-electron chi connectivity index (χ4n) is 1.06. The Morgan fingerprint density at radius 2 is 2.20 bits per heavy atom. The molecule has 0 aromatic carbocycles. The molecule has 2 nitrogen and oxygen atoms in total. The topological polar surface area (TPSA) is 33.1 Å². The lowest BCUT2D eigenvalue weighted by atomic mass is 9.98. The van der Waals surface area contributed by atoms with E-state index in [1.807, 2.05) is 11.8 Å². The fourth-order valence-corrected chi connectivity index (χ4v) is 2.91. The summed E-state index contributed by atoms with van der Waals surface area (Å²) >= 11 is 3.59. The number of hydrogen-bond donors (Lipinski definition) is 1. The molecule has 0 atom stereocenters. The molecule has 0 amide bonds. The normalized spacial score (nSPS) is 12.0. The Morgan fingerprint density at radius 1 is 1.47 bits per heavy atom. The minimum Gasteiger partial charge on any atom is -0.396 e. The maximum Gasteiger partial charge on any atom is 0.0982 e. The molecular weight excluding hydrogens is 226 g/mol. The van der Waals surface area contributed by atoms with E-state index in [0.717, 1.165) is 17.9 Å². The highest BCUT2D eigenvalue weighted by molar-refractivity contribution is 7.98. The van der Waals surface area contributed by atoms with Gasteiger partial charge >= 0.3 is 0 Å². The standard InChI is InChI=1S/C11H19NOS2/c1-11(2,3)10-12-9(8-15-10)7-14-6-4-5-13/h8,13H,4-7H2,1-3H3. The van der Waals surface area contributed by atoms with Crippen molar-refractivity contribution in [2.75, 3.05) is 12.4 Å². The Hall–Kier alpha value is -0.0600. The molecule has 4 heteroatoms. The monoisotopic (exact) mass is 245 g/mol. The maximum absolute atomic E-state index is 8.65.